The van der Waals surface area contributed by atoms with Gasteiger partial charge in [0.15, 0.2) is 11.6 Å². The molecule has 3 heterocycles. The molecule has 3 rings (SSSR count). The maximum atomic E-state index is 5.25. The fraction of sp³-hybridized carbons (Fsp3) is 0.417. The van der Waals surface area contributed by atoms with Gasteiger partial charge in [0.2, 0.25) is 5.89 Å². The largest absolute Gasteiger partial charge is 0.340 e. The molecule has 0 aliphatic heterocycles. The van der Waals surface area contributed by atoms with E-state index in [2.05, 4.69) is 39.1 Å². The van der Waals surface area contributed by atoms with Crippen molar-refractivity contribution in [1.82, 2.24) is 25.3 Å². The summed E-state index contributed by atoms with van der Waals surface area (Å²) in [6, 6.07) is 0. The highest BCUT2D eigenvalue weighted by molar-refractivity contribution is 7.15. The number of nitrogens with zero attached hydrogens (tertiary/aromatic N) is 5. The van der Waals surface area contributed by atoms with Crippen LogP contribution in [-0.2, 0) is 6.42 Å². The average molecular weight is 291 g/mol. The van der Waals surface area contributed by atoms with E-state index < -0.39 is 0 Å². The van der Waals surface area contributed by atoms with Crippen LogP contribution in [0.2, 0.25) is 0 Å². The van der Waals surface area contributed by atoms with E-state index in [1.807, 2.05) is 0 Å². The third-order valence-electron chi connectivity index (χ3n) is 2.58. The number of aromatic nitrogens is 5. The smallest absolute Gasteiger partial charge is 0.269 e. The molecule has 0 unspecified atom stereocenters. The molecule has 0 bridgehead atoms. The zero-order valence-corrected chi connectivity index (χ0v) is 12.1. The Balaban J connectivity index is 1.78. The fourth-order valence-corrected chi connectivity index (χ4v) is 2.48. The summed E-state index contributed by atoms with van der Waals surface area (Å²) in [6.07, 6.45) is 2.15. The van der Waals surface area contributed by atoms with Gasteiger partial charge in [0.05, 0.1) is 17.6 Å². The highest BCUT2D eigenvalue weighted by atomic mass is 32.1. The van der Waals surface area contributed by atoms with Crippen LogP contribution in [0.5, 0.6) is 0 Å². The van der Waals surface area contributed by atoms with Crippen molar-refractivity contribution in [2.75, 3.05) is 0 Å². The van der Waals surface area contributed by atoms with E-state index in [9.17, 15) is 0 Å². The zero-order valence-electron chi connectivity index (χ0n) is 11.3. The Bertz CT molecular complexity index is 715. The molecule has 8 heteroatoms. The Morgan fingerprint density at radius 2 is 1.90 bits per heavy atom. The van der Waals surface area contributed by atoms with E-state index in [4.69, 9.17) is 9.05 Å². The topological polar surface area (TPSA) is 90.7 Å². The third kappa shape index (κ3) is 2.60. The Kier molecular flexibility index (Phi) is 3.31. The highest BCUT2D eigenvalue weighted by Crippen LogP contribution is 2.28. The summed E-state index contributed by atoms with van der Waals surface area (Å²) in [5.74, 6) is 2.46. The monoisotopic (exact) mass is 291 g/mol. The SMILES string of the molecule is Cc1nc(Cc2noc(-c3cnc(C(C)C)s3)n2)no1. The van der Waals surface area contributed by atoms with E-state index in [0.717, 1.165) is 9.88 Å². The average Bonchev–Trinajstić information content (AvgIpc) is 3.10. The van der Waals surface area contributed by atoms with Crippen LogP contribution in [0.15, 0.2) is 15.2 Å². The molecule has 0 aromatic carbocycles. The van der Waals surface area contributed by atoms with Crippen molar-refractivity contribution >= 4 is 11.3 Å². The van der Waals surface area contributed by atoms with Gasteiger partial charge >= 0.3 is 0 Å². The van der Waals surface area contributed by atoms with Crippen molar-refractivity contribution in [3.8, 4) is 10.8 Å². The maximum Gasteiger partial charge on any atom is 0.269 e. The summed E-state index contributed by atoms with van der Waals surface area (Å²) in [5, 5.41) is 8.77. The molecule has 0 radical (unpaired) electrons. The van der Waals surface area contributed by atoms with Crippen molar-refractivity contribution in [3.05, 3.63) is 28.7 Å². The van der Waals surface area contributed by atoms with Gasteiger partial charge in [0, 0.05) is 12.8 Å². The molecule has 0 amide bonds. The maximum absolute atomic E-state index is 5.25. The molecule has 0 aliphatic carbocycles. The molecule has 0 spiro atoms. The molecule has 0 saturated carbocycles. The van der Waals surface area contributed by atoms with E-state index in [-0.39, 0.29) is 0 Å². The highest BCUT2D eigenvalue weighted by Gasteiger charge is 2.15. The number of thiazole rings is 1. The predicted molar refractivity (Wildman–Crippen MR) is 71.3 cm³/mol. The van der Waals surface area contributed by atoms with E-state index in [0.29, 0.717) is 35.8 Å². The molecule has 0 fully saturated rings. The first-order valence-electron chi connectivity index (χ1n) is 6.19. The van der Waals surface area contributed by atoms with Crippen LogP contribution in [-0.4, -0.2) is 25.3 Å². The van der Waals surface area contributed by atoms with Crippen molar-refractivity contribution in [2.24, 2.45) is 0 Å². The van der Waals surface area contributed by atoms with Crippen LogP contribution in [0.4, 0.5) is 0 Å². The Labute approximate surface area is 119 Å². The first-order chi connectivity index (χ1) is 9.61. The van der Waals surface area contributed by atoms with E-state index in [1.54, 1.807) is 24.5 Å². The molecular weight excluding hydrogens is 278 g/mol. The summed E-state index contributed by atoms with van der Waals surface area (Å²) in [4.78, 5) is 13.6. The normalized spacial score (nSPS) is 11.4. The van der Waals surface area contributed by atoms with Gasteiger partial charge in [-0.1, -0.05) is 24.2 Å². The van der Waals surface area contributed by atoms with Crippen LogP contribution in [0.25, 0.3) is 10.8 Å². The summed E-state index contributed by atoms with van der Waals surface area (Å²) < 4.78 is 10.1. The Morgan fingerprint density at radius 3 is 2.55 bits per heavy atom. The summed E-state index contributed by atoms with van der Waals surface area (Å²) in [6.45, 7) is 5.93. The summed E-state index contributed by atoms with van der Waals surface area (Å²) >= 11 is 1.56. The molecule has 0 saturated heterocycles. The van der Waals surface area contributed by atoms with Gasteiger partial charge in [-0.15, -0.1) is 11.3 Å². The third-order valence-corrected chi connectivity index (χ3v) is 3.87. The van der Waals surface area contributed by atoms with Gasteiger partial charge < -0.3 is 9.05 Å². The van der Waals surface area contributed by atoms with Crippen molar-refractivity contribution in [1.29, 1.82) is 0 Å². The van der Waals surface area contributed by atoms with Gasteiger partial charge in [-0.2, -0.15) is 9.97 Å². The van der Waals surface area contributed by atoms with Gasteiger partial charge in [0.25, 0.3) is 5.89 Å². The molecule has 3 aromatic rings. The van der Waals surface area contributed by atoms with Gasteiger partial charge in [-0.25, -0.2) is 4.98 Å². The predicted octanol–water partition coefficient (Wildman–Crippen LogP) is 2.60. The molecule has 0 atom stereocenters. The van der Waals surface area contributed by atoms with E-state index in [1.165, 1.54) is 0 Å². The van der Waals surface area contributed by atoms with Crippen molar-refractivity contribution < 1.29 is 9.05 Å². The number of hydrogen-bond donors (Lipinski definition) is 0. The van der Waals surface area contributed by atoms with Gasteiger partial charge in [-0.05, 0) is 0 Å². The fourth-order valence-electron chi connectivity index (χ4n) is 1.63. The lowest BCUT2D eigenvalue weighted by molar-refractivity contribution is 0.387. The van der Waals surface area contributed by atoms with E-state index >= 15 is 0 Å². The second kappa shape index (κ2) is 5.12. The van der Waals surface area contributed by atoms with Gasteiger partial charge in [0.1, 0.15) is 4.88 Å². The lowest BCUT2D eigenvalue weighted by Gasteiger charge is -1.94. The van der Waals surface area contributed by atoms with Crippen LogP contribution >= 0.6 is 11.3 Å². The zero-order chi connectivity index (χ0) is 14.1. The minimum absolute atomic E-state index is 0.386. The minimum Gasteiger partial charge on any atom is -0.340 e. The number of rotatable bonds is 4. The van der Waals surface area contributed by atoms with Crippen LogP contribution in [0.1, 0.15) is 42.3 Å². The van der Waals surface area contributed by atoms with Crippen LogP contribution in [0.3, 0.4) is 0 Å². The number of aryl methyl sites for hydroxylation is 1. The van der Waals surface area contributed by atoms with Crippen LogP contribution < -0.4 is 0 Å². The molecule has 3 aromatic heterocycles. The van der Waals surface area contributed by atoms with Crippen molar-refractivity contribution in [2.45, 2.75) is 33.1 Å². The molecule has 104 valence electrons. The first-order valence-corrected chi connectivity index (χ1v) is 7.01. The summed E-state index contributed by atoms with van der Waals surface area (Å²) in [5.41, 5.74) is 0. The quantitative estimate of drug-likeness (QED) is 0.729. The molecular formula is C12H13N5O2S. The Hall–Kier alpha value is -2.09. The van der Waals surface area contributed by atoms with Crippen molar-refractivity contribution in [3.63, 3.8) is 0 Å². The Morgan fingerprint density at radius 1 is 1.15 bits per heavy atom. The second-order valence-corrected chi connectivity index (χ2v) is 5.70. The van der Waals surface area contributed by atoms with Gasteiger partial charge in [-0.3, -0.25) is 0 Å². The lowest BCUT2D eigenvalue weighted by Crippen LogP contribution is -1.93. The van der Waals surface area contributed by atoms with Crippen LogP contribution in [0, 0.1) is 6.92 Å². The second-order valence-electron chi connectivity index (χ2n) is 4.64. The first kappa shape index (κ1) is 12.9. The number of hydrogen-bond acceptors (Lipinski definition) is 8. The minimum atomic E-state index is 0.386. The molecule has 7 nitrogen and oxygen atoms in total. The lowest BCUT2D eigenvalue weighted by atomic mass is 10.2. The molecule has 0 N–H and O–H groups in total. The molecule has 0 aliphatic rings. The molecule has 20 heavy (non-hydrogen) atoms. The summed E-state index contributed by atoms with van der Waals surface area (Å²) in [7, 11) is 0. The standard InChI is InChI=1S/C12H13N5O2S/c1-6(2)12-13-5-8(20-12)11-15-10(17-19-11)4-9-14-7(3)18-16-9/h5-6H,4H2,1-3H3.